The van der Waals surface area contributed by atoms with E-state index in [1.54, 1.807) is 0 Å². The first-order valence-electron chi connectivity index (χ1n) is 4.37. The number of hydrogen-bond acceptors (Lipinski definition) is 2. The molecule has 1 fully saturated rings. The van der Waals surface area contributed by atoms with Crippen LogP contribution >= 0.6 is 0 Å². The molecule has 1 aliphatic heterocycles. The van der Waals surface area contributed by atoms with Crippen molar-refractivity contribution in [1.29, 1.82) is 0 Å². The minimum Gasteiger partial charge on any atom is -0.390 e. The first-order valence-corrected chi connectivity index (χ1v) is 4.37. The van der Waals surface area contributed by atoms with E-state index in [0.717, 1.165) is 6.42 Å². The molecule has 2 nitrogen and oxygen atoms in total. The van der Waals surface area contributed by atoms with Gasteiger partial charge in [-0.3, -0.25) is 0 Å². The number of hydrogen-bond donors (Lipinski definition) is 1. The van der Waals surface area contributed by atoms with Gasteiger partial charge in [-0.1, -0.05) is 13.8 Å². The normalized spacial score (nSPS) is 51.5. The lowest BCUT2D eigenvalue weighted by atomic mass is 9.83. The molecule has 0 unspecified atom stereocenters. The summed E-state index contributed by atoms with van der Waals surface area (Å²) in [6.07, 6.45) is 0.575. The van der Waals surface area contributed by atoms with Crippen molar-refractivity contribution >= 4 is 7.85 Å². The monoisotopic (exact) mass is 156 g/mol. The highest BCUT2D eigenvalue weighted by Crippen LogP contribution is 2.35. The van der Waals surface area contributed by atoms with Gasteiger partial charge in [-0.2, -0.15) is 0 Å². The van der Waals surface area contributed by atoms with Crippen molar-refractivity contribution in [1.82, 2.24) is 0 Å². The largest absolute Gasteiger partial charge is 0.390 e. The van der Waals surface area contributed by atoms with Gasteiger partial charge in [0.05, 0.1) is 11.7 Å². The lowest BCUT2D eigenvalue weighted by Gasteiger charge is -2.26. The summed E-state index contributed by atoms with van der Waals surface area (Å²) >= 11 is 0. The van der Waals surface area contributed by atoms with Crippen LogP contribution in [0.5, 0.6) is 0 Å². The lowest BCUT2D eigenvalue weighted by molar-refractivity contribution is -0.0552. The Hall–Kier alpha value is -0.0151. The van der Waals surface area contributed by atoms with Crippen LogP contribution in [0.1, 0.15) is 27.2 Å². The van der Waals surface area contributed by atoms with Crippen molar-refractivity contribution in [3.63, 3.8) is 0 Å². The van der Waals surface area contributed by atoms with Crippen LogP contribution in [0.3, 0.4) is 0 Å². The van der Waals surface area contributed by atoms with E-state index in [1.165, 1.54) is 0 Å². The van der Waals surface area contributed by atoms with Crippen LogP contribution in [0.2, 0.25) is 0 Å². The molecule has 0 aromatic rings. The summed E-state index contributed by atoms with van der Waals surface area (Å²) in [5, 5.41) is 9.76. The van der Waals surface area contributed by atoms with Crippen LogP contribution in [0, 0.1) is 5.92 Å². The van der Waals surface area contributed by atoms with Gasteiger partial charge in [0.25, 0.3) is 0 Å². The summed E-state index contributed by atoms with van der Waals surface area (Å²) in [6, 6.07) is 0.190. The fraction of sp³-hybridized carbons (Fsp3) is 1.00. The van der Waals surface area contributed by atoms with Gasteiger partial charge in [0, 0.05) is 11.9 Å². The van der Waals surface area contributed by atoms with Crippen molar-refractivity contribution in [2.24, 2.45) is 5.92 Å². The van der Waals surface area contributed by atoms with Crippen molar-refractivity contribution in [2.45, 2.75) is 44.9 Å². The molecule has 0 aromatic carbocycles. The highest BCUT2D eigenvalue weighted by atomic mass is 16.5. The SMILES string of the molecule is B[C@@H]1O[C@](C)(CC)[C@@H](O)[C@H]1C. The Kier molecular flexibility index (Phi) is 2.31. The van der Waals surface area contributed by atoms with Crippen molar-refractivity contribution < 1.29 is 9.84 Å². The molecule has 64 valence electrons. The van der Waals surface area contributed by atoms with E-state index in [0.29, 0.717) is 0 Å². The van der Waals surface area contributed by atoms with Gasteiger partial charge in [0.15, 0.2) is 0 Å². The zero-order chi connectivity index (χ0) is 8.65. The average molecular weight is 156 g/mol. The molecule has 0 aliphatic carbocycles. The smallest absolute Gasteiger partial charge is 0.139 e. The van der Waals surface area contributed by atoms with Gasteiger partial charge in [-0.25, -0.2) is 0 Å². The maximum Gasteiger partial charge on any atom is 0.139 e. The molecule has 0 bridgehead atoms. The molecule has 0 radical (unpaired) electrons. The molecule has 0 amide bonds. The van der Waals surface area contributed by atoms with E-state index in [9.17, 15) is 5.11 Å². The zero-order valence-corrected chi connectivity index (χ0v) is 7.79. The van der Waals surface area contributed by atoms with Gasteiger partial charge in [0.1, 0.15) is 7.85 Å². The molecule has 0 saturated carbocycles. The van der Waals surface area contributed by atoms with Crippen LogP contribution in [-0.4, -0.2) is 30.7 Å². The highest BCUT2D eigenvalue weighted by Gasteiger charge is 2.45. The van der Waals surface area contributed by atoms with E-state index in [-0.39, 0.29) is 23.6 Å². The maximum atomic E-state index is 9.76. The van der Waals surface area contributed by atoms with Crippen LogP contribution < -0.4 is 0 Å². The summed E-state index contributed by atoms with van der Waals surface area (Å²) in [4.78, 5) is 0. The van der Waals surface area contributed by atoms with Gasteiger partial charge in [-0.15, -0.1) is 0 Å². The van der Waals surface area contributed by atoms with Gasteiger partial charge < -0.3 is 9.84 Å². The fourth-order valence-electron chi connectivity index (χ4n) is 1.71. The Morgan fingerprint density at radius 3 is 2.36 bits per heavy atom. The lowest BCUT2D eigenvalue weighted by Crippen LogP contribution is -2.36. The van der Waals surface area contributed by atoms with E-state index < -0.39 is 0 Å². The van der Waals surface area contributed by atoms with Gasteiger partial charge >= 0.3 is 0 Å². The molecule has 3 heteroatoms. The zero-order valence-electron chi connectivity index (χ0n) is 7.79. The van der Waals surface area contributed by atoms with E-state index in [4.69, 9.17) is 4.74 Å². The molecule has 1 aliphatic rings. The van der Waals surface area contributed by atoms with Crippen LogP contribution in [0.4, 0.5) is 0 Å². The summed E-state index contributed by atoms with van der Waals surface area (Å²) in [7, 11) is 2.02. The highest BCUT2D eigenvalue weighted by molar-refractivity contribution is 6.11. The molecular formula is C8H17BO2. The topological polar surface area (TPSA) is 29.5 Å². The summed E-state index contributed by atoms with van der Waals surface area (Å²) < 4.78 is 5.67. The molecule has 4 atom stereocenters. The van der Waals surface area contributed by atoms with E-state index in [2.05, 4.69) is 0 Å². The minimum atomic E-state index is -0.307. The number of aliphatic hydroxyl groups excluding tert-OH is 1. The molecule has 11 heavy (non-hydrogen) atoms. The summed E-state index contributed by atoms with van der Waals surface area (Å²) in [5.74, 6) is 0.264. The van der Waals surface area contributed by atoms with E-state index in [1.807, 2.05) is 28.6 Å². The van der Waals surface area contributed by atoms with Crippen molar-refractivity contribution in [2.75, 3.05) is 0 Å². The van der Waals surface area contributed by atoms with E-state index >= 15 is 0 Å². The van der Waals surface area contributed by atoms with Crippen LogP contribution in [-0.2, 0) is 4.74 Å². The fourth-order valence-corrected chi connectivity index (χ4v) is 1.71. The Balaban J connectivity index is 2.73. The second-order valence-corrected chi connectivity index (χ2v) is 3.79. The third kappa shape index (κ3) is 1.32. The van der Waals surface area contributed by atoms with Crippen molar-refractivity contribution in [3.05, 3.63) is 0 Å². The third-order valence-corrected chi connectivity index (χ3v) is 3.02. The Bertz CT molecular complexity index is 151. The summed E-state index contributed by atoms with van der Waals surface area (Å²) in [6.45, 7) is 6.07. The van der Waals surface area contributed by atoms with Crippen LogP contribution in [0.15, 0.2) is 0 Å². The molecule has 0 spiro atoms. The third-order valence-electron chi connectivity index (χ3n) is 3.02. The maximum absolute atomic E-state index is 9.76. The first-order chi connectivity index (χ1) is 5.01. The summed E-state index contributed by atoms with van der Waals surface area (Å²) in [5.41, 5.74) is -0.307. The number of rotatable bonds is 1. The van der Waals surface area contributed by atoms with Crippen molar-refractivity contribution in [3.8, 4) is 0 Å². The molecule has 1 rings (SSSR count). The first kappa shape index (κ1) is 9.08. The van der Waals surface area contributed by atoms with Gasteiger partial charge in [0.2, 0.25) is 0 Å². The minimum absolute atomic E-state index is 0.190. The molecule has 1 N–H and O–H groups in total. The number of aliphatic hydroxyl groups is 1. The molecule has 0 aromatic heterocycles. The van der Waals surface area contributed by atoms with Gasteiger partial charge in [-0.05, 0) is 13.3 Å². The molecule has 1 saturated heterocycles. The predicted molar refractivity (Wildman–Crippen MR) is 47.3 cm³/mol. The second-order valence-electron chi connectivity index (χ2n) is 3.79. The number of ether oxygens (including phenoxy) is 1. The Labute approximate surface area is 69.3 Å². The molecular weight excluding hydrogens is 139 g/mol. The standard InChI is InChI=1S/C8H17BO2/c1-4-8(3)6(10)5(2)7(9)11-8/h5-7,10H,4,9H2,1-3H3/t5-,6+,7-,8-/m1/s1. The van der Waals surface area contributed by atoms with Crippen LogP contribution in [0.25, 0.3) is 0 Å². The predicted octanol–water partition coefficient (Wildman–Crippen LogP) is 0.141. The quantitative estimate of drug-likeness (QED) is 0.547. The Morgan fingerprint density at radius 2 is 2.18 bits per heavy atom. The second kappa shape index (κ2) is 2.79. The Morgan fingerprint density at radius 1 is 1.64 bits per heavy atom. The molecule has 1 heterocycles. The average Bonchev–Trinajstić information content (AvgIpc) is 2.17.